The number of hydrogen-bond donors (Lipinski definition) is 6. The molecule has 6 aromatic carbocycles. The molecule has 0 aliphatic heterocycles. The predicted molar refractivity (Wildman–Crippen MR) is 575 cm³/mol. The molecule has 12 aromatic rings. The number of hydrogen-bond acceptors (Lipinski definition) is 18. The fourth-order valence-corrected chi connectivity index (χ4v) is 15.9. The molecule has 0 atom stereocenters. The van der Waals surface area contributed by atoms with Gasteiger partial charge in [-0.05, 0) is 279 Å². The van der Waals surface area contributed by atoms with E-state index in [1.807, 2.05) is 102 Å². The fraction of sp³-hybridized carbons (Fsp3) is 0.459. The number of carbonyl (C=O) groups is 6. The van der Waals surface area contributed by atoms with Crippen LogP contribution in [0, 0.1) is 0 Å². The van der Waals surface area contributed by atoms with Gasteiger partial charge in [0, 0.05) is 32.3 Å². The molecule has 0 unspecified atom stereocenters. The van der Waals surface area contributed by atoms with Gasteiger partial charge < -0.3 is 28.4 Å². The van der Waals surface area contributed by atoms with Crippen LogP contribution in [0.15, 0.2) is 167 Å². The summed E-state index contributed by atoms with van der Waals surface area (Å²) in [5.41, 5.74) is 12.6. The monoisotopic (exact) mass is 2060 g/mol. The van der Waals surface area contributed by atoms with E-state index in [-0.39, 0.29) is 69.1 Å². The number of amides is 6. The van der Waals surface area contributed by atoms with E-state index in [1.54, 1.807) is 12.1 Å². The highest BCUT2D eigenvalue weighted by Crippen LogP contribution is 2.38. The van der Waals surface area contributed by atoms with Crippen LogP contribution in [-0.2, 0) is 60.9 Å². The van der Waals surface area contributed by atoms with Gasteiger partial charge in [-0.15, -0.1) is 0 Å². The molecule has 0 bridgehead atoms. The van der Waals surface area contributed by atoms with E-state index < -0.39 is 36.6 Å². The first-order valence-electron chi connectivity index (χ1n) is 48.5. The average molecular weight is 2070 g/mol. The first kappa shape index (κ1) is 110. The molecule has 6 amide bonds. The lowest BCUT2D eigenvalue weighted by Crippen LogP contribution is -2.28. The van der Waals surface area contributed by atoms with Crippen LogP contribution in [0.5, 0.6) is 0 Å². The van der Waals surface area contributed by atoms with E-state index >= 15 is 0 Å². The minimum absolute atomic E-state index is 0.0253. The number of benzene rings is 6. The molecular weight excluding hydrogens is 1920 g/mol. The fourth-order valence-electron chi connectivity index (χ4n) is 14.6. The van der Waals surface area contributed by atoms with Gasteiger partial charge >= 0.3 is 36.6 Å². The summed E-state index contributed by atoms with van der Waals surface area (Å²) in [6.07, 6.45) is 11.0. The van der Waals surface area contributed by atoms with Crippen molar-refractivity contribution in [3.63, 3.8) is 0 Å². The Kier molecular flexibility index (Phi) is 38.3. The summed E-state index contributed by atoms with van der Waals surface area (Å²) in [7, 11) is 0. The molecule has 15 rings (SSSR count). The van der Waals surface area contributed by atoms with Crippen molar-refractivity contribution < 1.29 is 57.2 Å². The zero-order chi connectivity index (χ0) is 102. The molecule has 6 heterocycles. The topological polar surface area (TPSA) is 307 Å². The smallest absolute Gasteiger partial charge is 0.413 e. The third kappa shape index (κ3) is 32.5. The second-order valence-electron chi connectivity index (χ2n) is 41.8. The number of carbonyl (C=O) groups excluding carboxylic acids is 6. The van der Waals surface area contributed by atoms with Gasteiger partial charge in [-0.2, -0.15) is 0 Å². The van der Waals surface area contributed by atoms with E-state index in [0.717, 1.165) is 171 Å². The van der Waals surface area contributed by atoms with Gasteiger partial charge in [0.25, 0.3) is 0 Å². The number of aromatic nitrogens is 6. The van der Waals surface area contributed by atoms with Gasteiger partial charge in [0.15, 0.2) is 11.6 Å². The Morgan fingerprint density at radius 2 is 0.496 bits per heavy atom. The molecule has 3 saturated carbocycles. The molecular formula is C111H140Br2Cl2N12O12. The maximum Gasteiger partial charge on any atom is 0.413 e. The number of halogens is 4. The van der Waals surface area contributed by atoms with E-state index in [0.29, 0.717) is 45.0 Å². The van der Waals surface area contributed by atoms with Gasteiger partial charge in [-0.3, -0.25) is 31.9 Å². The van der Waals surface area contributed by atoms with Crippen molar-refractivity contribution in [2.24, 2.45) is 0 Å². The molecule has 744 valence electrons. The standard InChI is InChI=1S/C19H25BrN2O2.C19H25ClN2O2.C19H26N2O2.C18H21BrN2O2.C18H21ClN2O2.C18H22N2O2/c2*1-6-14(7-2)24-18(23)22-17-15(20)10-12-8-9-13(19(3,4)5)11-16(12)21-17;1-6-15(7-2)23-18(22)21-17-11-9-13-8-10-14(19(3,4)5)12-16(13)20-17;2*1-18(2,3)12-8-7-11-9-14(19)16(20-15(11)10-12)21-17(22)23-13-5-4-6-13;1-18(2,3)13-9-7-12-8-10-16(19-15(12)11-13)20-17(21)22-14-5-4-6-14/h2*8-11,14H,6-7H2,1-5H3,(H,21,22,23);8-12,15H,6-7H2,1-5H3,(H,20,21,22);2*7-10,13H,4-6H2,1-3H3,(H,20,21,22);7-11,14H,4-6H2,1-3H3,(H,19,20,21). The molecule has 6 N–H and O–H groups in total. The van der Waals surface area contributed by atoms with Crippen molar-refractivity contribution in [3.05, 3.63) is 210 Å². The van der Waals surface area contributed by atoms with Gasteiger partial charge in [-0.25, -0.2) is 58.7 Å². The third-order valence-corrected chi connectivity index (χ3v) is 26.3. The van der Waals surface area contributed by atoms with E-state index in [4.69, 9.17) is 51.6 Å². The average Bonchev–Trinajstić information content (AvgIpc) is 0.802. The van der Waals surface area contributed by atoms with Crippen LogP contribution >= 0.6 is 55.1 Å². The molecule has 3 aliphatic carbocycles. The molecule has 139 heavy (non-hydrogen) atoms. The van der Waals surface area contributed by atoms with Crippen molar-refractivity contribution in [2.45, 2.75) is 332 Å². The summed E-state index contributed by atoms with van der Waals surface area (Å²) in [4.78, 5) is 98.9. The van der Waals surface area contributed by atoms with Gasteiger partial charge in [0.2, 0.25) is 0 Å². The highest BCUT2D eigenvalue weighted by atomic mass is 79.9. The Morgan fingerprint density at radius 3 is 0.755 bits per heavy atom. The third-order valence-electron chi connectivity index (χ3n) is 24.5. The quantitative estimate of drug-likeness (QED) is 0.0435. The van der Waals surface area contributed by atoms with Crippen LogP contribution in [0.25, 0.3) is 65.4 Å². The normalized spacial score (nSPS) is 13.5. The number of ether oxygens (including phenoxy) is 6. The molecule has 24 nitrogen and oxygen atoms in total. The number of pyridine rings is 6. The number of nitrogens with zero attached hydrogens (tertiary/aromatic N) is 6. The highest BCUT2D eigenvalue weighted by Gasteiger charge is 2.29. The van der Waals surface area contributed by atoms with Crippen LogP contribution in [-0.4, -0.2) is 103 Å². The Labute approximate surface area is 846 Å². The Bertz CT molecular complexity index is 6060. The lowest BCUT2D eigenvalue weighted by molar-refractivity contribution is 0.0617. The minimum Gasteiger partial charge on any atom is -0.446 e. The first-order chi connectivity index (χ1) is 65.4. The van der Waals surface area contributed by atoms with Crippen LogP contribution in [0.3, 0.4) is 0 Å². The summed E-state index contributed by atoms with van der Waals surface area (Å²) in [6, 6.07) is 52.3. The molecule has 0 radical (unpaired) electrons. The molecule has 0 spiro atoms. The molecule has 28 heteroatoms. The Balaban J connectivity index is 0.000000172. The van der Waals surface area contributed by atoms with E-state index in [2.05, 4.69) is 303 Å². The van der Waals surface area contributed by atoms with Crippen LogP contribution in [0.2, 0.25) is 10.0 Å². The minimum atomic E-state index is -0.524. The van der Waals surface area contributed by atoms with Crippen molar-refractivity contribution in [1.29, 1.82) is 0 Å². The second kappa shape index (κ2) is 48.4. The molecule has 0 saturated heterocycles. The molecule has 6 aromatic heterocycles. The SMILES string of the molecule is CC(C)(C)c1ccc2cc(Br)c(NC(=O)OC3CCC3)nc2c1.CC(C)(C)c1ccc2cc(Cl)c(NC(=O)OC3CCC3)nc2c1.CC(C)(C)c1ccc2ccc(NC(=O)OC3CCC3)nc2c1.CCC(CC)OC(=O)Nc1ccc2ccc(C(C)(C)C)cc2n1.CCC(CC)OC(=O)Nc1nc2cc(C(C)(C)C)ccc2cc1Br.CCC(CC)OC(=O)Nc1nc2cc(C(C)(C)C)ccc2cc1Cl. The van der Waals surface area contributed by atoms with Crippen LogP contribution in [0.4, 0.5) is 63.7 Å². The second-order valence-corrected chi connectivity index (χ2v) is 44.3. The van der Waals surface area contributed by atoms with Crippen molar-refractivity contribution in [3.8, 4) is 0 Å². The summed E-state index contributed by atoms with van der Waals surface area (Å²) in [6.45, 7) is 50.9. The van der Waals surface area contributed by atoms with Gasteiger partial charge in [0.05, 0.1) is 52.1 Å². The Hall–Kier alpha value is -11.1. The summed E-state index contributed by atoms with van der Waals surface area (Å²) < 4.78 is 33.5. The van der Waals surface area contributed by atoms with Crippen molar-refractivity contribution in [1.82, 2.24) is 29.9 Å². The van der Waals surface area contributed by atoms with Gasteiger partial charge in [0.1, 0.15) is 59.9 Å². The largest absolute Gasteiger partial charge is 0.446 e. The van der Waals surface area contributed by atoms with Crippen LogP contribution in [0.1, 0.15) is 296 Å². The molecule has 3 aliphatic rings. The lowest BCUT2D eigenvalue weighted by atomic mass is 9.86. The Morgan fingerprint density at radius 1 is 0.288 bits per heavy atom. The van der Waals surface area contributed by atoms with E-state index in [9.17, 15) is 28.8 Å². The predicted octanol–water partition coefficient (Wildman–Crippen LogP) is 32.5. The number of nitrogens with one attached hydrogen (secondary N) is 6. The summed E-state index contributed by atoms with van der Waals surface area (Å²) in [5, 5.41) is 23.1. The zero-order valence-corrected chi connectivity index (χ0v) is 89.9. The van der Waals surface area contributed by atoms with Crippen molar-refractivity contribution >= 4 is 192 Å². The number of fused-ring (bicyclic) bond motifs is 6. The van der Waals surface area contributed by atoms with Gasteiger partial charge in [-0.1, -0.05) is 262 Å². The number of anilines is 6. The maximum atomic E-state index is 12.1. The highest BCUT2D eigenvalue weighted by molar-refractivity contribution is 9.11. The zero-order valence-electron chi connectivity index (χ0n) is 85.2. The summed E-state index contributed by atoms with van der Waals surface area (Å²) >= 11 is 19.4. The number of rotatable bonds is 18. The van der Waals surface area contributed by atoms with E-state index in [1.165, 1.54) is 33.4 Å². The molecule has 3 fully saturated rings. The van der Waals surface area contributed by atoms with Crippen LogP contribution < -0.4 is 31.9 Å². The first-order valence-corrected chi connectivity index (χ1v) is 50.8. The summed E-state index contributed by atoms with van der Waals surface area (Å²) in [5.74, 6) is 2.68. The van der Waals surface area contributed by atoms with Crippen molar-refractivity contribution in [2.75, 3.05) is 31.9 Å². The maximum absolute atomic E-state index is 12.1. The lowest BCUT2D eigenvalue weighted by Gasteiger charge is -2.25.